The number of ether oxygens (including phenoxy) is 1. The molecule has 0 aliphatic heterocycles. The first-order valence-electron chi connectivity index (χ1n) is 7.23. The minimum absolute atomic E-state index is 0.583. The maximum atomic E-state index is 6.10. The van der Waals surface area contributed by atoms with Gasteiger partial charge in [0.2, 0.25) is 5.88 Å². The van der Waals surface area contributed by atoms with Crippen LogP contribution in [0.15, 0.2) is 48.8 Å². The number of benzene rings is 1. The summed E-state index contributed by atoms with van der Waals surface area (Å²) in [5.41, 5.74) is 4.98. The van der Waals surface area contributed by atoms with Crippen molar-refractivity contribution in [1.82, 2.24) is 15.2 Å². The van der Waals surface area contributed by atoms with E-state index in [1.807, 2.05) is 43.5 Å². The highest BCUT2D eigenvalue weighted by atomic mass is 35.5. The number of hydrogen-bond acceptors (Lipinski definition) is 4. The van der Waals surface area contributed by atoms with Gasteiger partial charge in [0, 0.05) is 23.2 Å². The molecule has 2 heterocycles. The van der Waals surface area contributed by atoms with Crippen molar-refractivity contribution in [2.75, 3.05) is 7.11 Å². The van der Waals surface area contributed by atoms with Gasteiger partial charge in [0.15, 0.2) is 0 Å². The largest absolute Gasteiger partial charge is 0.481 e. The van der Waals surface area contributed by atoms with Gasteiger partial charge in [-0.05, 0) is 47.9 Å². The first-order valence-corrected chi connectivity index (χ1v) is 7.60. The lowest BCUT2D eigenvalue weighted by atomic mass is 10.0. The van der Waals surface area contributed by atoms with E-state index in [1.54, 1.807) is 13.3 Å². The molecule has 0 spiro atoms. The molecule has 4 nitrogen and oxygen atoms in total. The first kappa shape index (κ1) is 15.4. The van der Waals surface area contributed by atoms with Crippen molar-refractivity contribution in [3.05, 3.63) is 70.6 Å². The van der Waals surface area contributed by atoms with Crippen LogP contribution in [0.1, 0.15) is 16.8 Å². The third kappa shape index (κ3) is 3.66. The van der Waals surface area contributed by atoms with Crippen LogP contribution in [-0.4, -0.2) is 22.3 Å². The van der Waals surface area contributed by atoms with E-state index in [2.05, 4.69) is 21.2 Å². The number of aryl methyl sites for hydroxylation is 1. The van der Waals surface area contributed by atoms with Crippen LogP contribution >= 0.6 is 11.6 Å². The Hall–Kier alpha value is -2.46. The Morgan fingerprint density at radius 2 is 1.91 bits per heavy atom. The number of halogens is 1. The van der Waals surface area contributed by atoms with Crippen molar-refractivity contribution < 1.29 is 4.74 Å². The fourth-order valence-corrected chi connectivity index (χ4v) is 2.67. The molecule has 0 saturated carbocycles. The van der Waals surface area contributed by atoms with Gasteiger partial charge in [-0.1, -0.05) is 23.7 Å². The monoisotopic (exact) mass is 325 g/mol. The number of pyridine rings is 1. The van der Waals surface area contributed by atoms with Crippen LogP contribution in [0.5, 0.6) is 5.88 Å². The van der Waals surface area contributed by atoms with Gasteiger partial charge in [-0.25, -0.2) is 4.98 Å². The summed E-state index contributed by atoms with van der Waals surface area (Å²) in [5.74, 6) is 0.583. The number of methoxy groups -OCH3 is 1. The van der Waals surface area contributed by atoms with Crippen LogP contribution in [0.2, 0.25) is 5.02 Å². The average molecular weight is 326 g/mol. The van der Waals surface area contributed by atoms with Crippen molar-refractivity contribution in [2.45, 2.75) is 13.3 Å². The lowest BCUT2D eigenvalue weighted by Crippen LogP contribution is -1.97. The van der Waals surface area contributed by atoms with Gasteiger partial charge in [0.25, 0.3) is 0 Å². The normalized spacial score (nSPS) is 10.6. The minimum atomic E-state index is 0.583. The van der Waals surface area contributed by atoms with E-state index >= 15 is 0 Å². The van der Waals surface area contributed by atoms with Gasteiger partial charge in [0.1, 0.15) is 0 Å². The second-order valence-corrected chi connectivity index (χ2v) is 5.73. The summed E-state index contributed by atoms with van der Waals surface area (Å²) < 4.78 is 5.39. The molecule has 0 radical (unpaired) electrons. The van der Waals surface area contributed by atoms with Crippen LogP contribution in [0, 0.1) is 6.92 Å². The Labute approximate surface area is 140 Å². The zero-order valence-corrected chi connectivity index (χ0v) is 13.7. The zero-order valence-electron chi connectivity index (χ0n) is 13.0. The Balaban J connectivity index is 1.99. The molecular formula is C18H16ClN3O. The zero-order chi connectivity index (χ0) is 16.2. The maximum absolute atomic E-state index is 6.10. The highest BCUT2D eigenvalue weighted by Gasteiger charge is 2.10. The van der Waals surface area contributed by atoms with Gasteiger partial charge in [0.05, 0.1) is 19.0 Å². The predicted octanol–water partition coefficient (Wildman–Crippen LogP) is 4.10. The molecule has 3 aromatic rings. The van der Waals surface area contributed by atoms with Gasteiger partial charge in [-0.2, -0.15) is 10.2 Å². The fraction of sp³-hybridized carbons (Fsp3) is 0.167. The highest BCUT2D eigenvalue weighted by molar-refractivity contribution is 6.30. The fourth-order valence-electron chi connectivity index (χ4n) is 2.48. The predicted molar refractivity (Wildman–Crippen MR) is 90.8 cm³/mol. The third-order valence-electron chi connectivity index (χ3n) is 3.48. The Bertz CT molecular complexity index is 836. The van der Waals surface area contributed by atoms with Crippen LogP contribution in [0.4, 0.5) is 0 Å². The molecule has 0 bridgehead atoms. The molecule has 0 unspecified atom stereocenters. The molecule has 0 aliphatic carbocycles. The number of hydrogen-bond donors (Lipinski definition) is 0. The Kier molecular flexibility index (Phi) is 4.53. The molecule has 116 valence electrons. The van der Waals surface area contributed by atoms with E-state index in [-0.39, 0.29) is 0 Å². The summed E-state index contributed by atoms with van der Waals surface area (Å²) in [7, 11) is 1.62. The van der Waals surface area contributed by atoms with Crippen molar-refractivity contribution in [1.29, 1.82) is 0 Å². The standard InChI is InChI=1S/C18H16ClN3O/c1-12-6-13(11-21-22-12)7-14-8-17(18(23-2)20-10-14)15-4-3-5-16(19)9-15/h3-6,8-11H,7H2,1-2H3. The van der Waals surface area contributed by atoms with E-state index < -0.39 is 0 Å². The second kappa shape index (κ2) is 6.75. The lowest BCUT2D eigenvalue weighted by molar-refractivity contribution is 0.399. The molecule has 0 aliphatic rings. The molecule has 0 amide bonds. The third-order valence-corrected chi connectivity index (χ3v) is 3.71. The van der Waals surface area contributed by atoms with Crippen LogP contribution < -0.4 is 4.74 Å². The van der Waals surface area contributed by atoms with Crippen LogP contribution in [-0.2, 0) is 6.42 Å². The quantitative estimate of drug-likeness (QED) is 0.724. The van der Waals surface area contributed by atoms with Crippen LogP contribution in [0.3, 0.4) is 0 Å². The Morgan fingerprint density at radius 3 is 2.65 bits per heavy atom. The van der Waals surface area contributed by atoms with E-state index in [9.17, 15) is 0 Å². The van der Waals surface area contributed by atoms with Gasteiger partial charge in [-0.15, -0.1) is 0 Å². The van der Waals surface area contributed by atoms with E-state index in [4.69, 9.17) is 16.3 Å². The molecule has 3 rings (SSSR count). The molecule has 0 saturated heterocycles. The SMILES string of the molecule is COc1ncc(Cc2cnnc(C)c2)cc1-c1cccc(Cl)c1. The van der Waals surface area contributed by atoms with E-state index in [0.717, 1.165) is 34.4 Å². The number of nitrogens with zero attached hydrogens (tertiary/aromatic N) is 3. The Morgan fingerprint density at radius 1 is 1.09 bits per heavy atom. The van der Waals surface area contributed by atoms with Crippen molar-refractivity contribution in [3.63, 3.8) is 0 Å². The topological polar surface area (TPSA) is 47.9 Å². The van der Waals surface area contributed by atoms with Crippen molar-refractivity contribution in [3.8, 4) is 17.0 Å². The maximum Gasteiger partial charge on any atom is 0.221 e. The summed E-state index contributed by atoms with van der Waals surface area (Å²) in [5, 5.41) is 8.66. The molecule has 5 heteroatoms. The summed E-state index contributed by atoms with van der Waals surface area (Å²) >= 11 is 6.10. The van der Waals surface area contributed by atoms with Crippen molar-refractivity contribution >= 4 is 11.6 Å². The number of rotatable bonds is 4. The van der Waals surface area contributed by atoms with Crippen molar-refractivity contribution in [2.24, 2.45) is 0 Å². The number of aromatic nitrogens is 3. The molecule has 23 heavy (non-hydrogen) atoms. The van der Waals surface area contributed by atoms with Gasteiger partial charge >= 0.3 is 0 Å². The average Bonchev–Trinajstić information content (AvgIpc) is 2.55. The molecule has 0 fully saturated rings. The minimum Gasteiger partial charge on any atom is -0.481 e. The molecule has 0 atom stereocenters. The molecule has 1 aromatic carbocycles. The summed E-state index contributed by atoms with van der Waals surface area (Å²) in [6.45, 7) is 1.93. The van der Waals surface area contributed by atoms with Gasteiger partial charge < -0.3 is 4.74 Å². The summed E-state index contributed by atoms with van der Waals surface area (Å²) in [6.07, 6.45) is 4.33. The summed E-state index contributed by atoms with van der Waals surface area (Å²) in [6, 6.07) is 11.8. The molecular weight excluding hydrogens is 310 g/mol. The molecule has 2 aromatic heterocycles. The van der Waals surface area contributed by atoms with Crippen LogP contribution in [0.25, 0.3) is 11.1 Å². The van der Waals surface area contributed by atoms with Gasteiger partial charge in [-0.3, -0.25) is 0 Å². The highest BCUT2D eigenvalue weighted by Crippen LogP contribution is 2.31. The first-order chi connectivity index (χ1) is 11.2. The second-order valence-electron chi connectivity index (χ2n) is 5.29. The van der Waals surface area contributed by atoms with E-state index in [0.29, 0.717) is 10.9 Å². The van der Waals surface area contributed by atoms with E-state index in [1.165, 1.54) is 0 Å². The molecule has 0 N–H and O–H groups in total. The summed E-state index contributed by atoms with van der Waals surface area (Å²) in [4.78, 5) is 4.42. The smallest absolute Gasteiger partial charge is 0.221 e. The lowest BCUT2D eigenvalue weighted by Gasteiger charge is -2.10.